The van der Waals surface area contributed by atoms with Crippen LogP contribution >= 0.6 is 38.9 Å². The molecule has 2 aromatic rings. The molecule has 0 saturated heterocycles. The van der Waals surface area contributed by atoms with Gasteiger partial charge in [0.2, 0.25) is 0 Å². The lowest BCUT2D eigenvalue weighted by atomic mass is 10.3. The zero-order chi connectivity index (χ0) is 13.3. The van der Waals surface area contributed by atoms with Gasteiger partial charge in [0.15, 0.2) is 5.82 Å². The van der Waals surface area contributed by atoms with Crippen molar-refractivity contribution < 1.29 is 8.42 Å². The number of halogens is 2. The Balaban J connectivity index is 2.26. The highest BCUT2D eigenvalue weighted by atomic mass is 79.9. The minimum absolute atomic E-state index is 0.139. The van der Waals surface area contributed by atoms with Crippen molar-refractivity contribution in [3.8, 4) is 0 Å². The van der Waals surface area contributed by atoms with Crippen molar-refractivity contribution in [3.63, 3.8) is 0 Å². The smallest absolute Gasteiger partial charge is 0.272 e. The topological polar surface area (TPSA) is 74.8 Å². The van der Waals surface area contributed by atoms with Crippen molar-refractivity contribution in [2.24, 2.45) is 0 Å². The number of sulfonamides is 1. The summed E-state index contributed by atoms with van der Waals surface area (Å²) in [5, 5.41) is 6.98. The zero-order valence-corrected chi connectivity index (χ0v) is 13.2. The molecule has 0 saturated carbocycles. The molecule has 2 N–H and O–H groups in total. The predicted molar refractivity (Wildman–Crippen MR) is 75.8 cm³/mol. The molecule has 5 nitrogen and oxygen atoms in total. The van der Waals surface area contributed by atoms with E-state index in [0.29, 0.717) is 8.81 Å². The highest BCUT2D eigenvalue weighted by molar-refractivity contribution is 9.11. The van der Waals surface area contributed by atoms with Crippen LogP contribution in [0.2, 0.25) is 5.02 Å². The maximum atomic E-state index is 12.0. The maximum Gasteiger partial charge on any atom is 0.272 e. The largest absolute Gasteiger partial charge is 0.280 e. The standard InChI is InChI=1S/C9H9BrClN3O2S2/c1-2-5-3-7(13-12-5)14-18(15,16)8-4-6(11)9(10)17-8/h3-4H,2H2,1H3,(H2,12,13,14). The average molecular weight is 371 g/mol. The number of nitrogens with zero attached hydrogens (tertiary/aromatic N) is 1. The van der Waals surface area contributed by atoms with Gasteiger partial charge < -0.3 is 0 Å². The van der Waals surface area contributed by atoms with Gasteiger partial charge in [-0.15, -0.1) is 11.3 Å². The highest BCUT2D eigenvalue weighted by Crippen LogP contribution is 2.35. The summed E-state index contributed by atoms with van der Waals surface area (Å²) in [5.74, 6) is 0.271. The lowest BCUT2D eigenvalue weighted by Crippen LogP contribution is -2.11. The summed E-state index contributed by atoms with van der Waals surface area (Å²) in [6.07, 6.45) is 0.755. The molecule has 0 aliphatic heterocycles. The zero-order valence-electron chi connectivity index (χ0n) is 9.20. The Morgan fingerprint density at radius 3 is 2.78 bits per heavy atom. The van der Waals surface area contributed by atoms with Gasteiger partial charge >= 0.3 is 0 Å². The van der Waals surface area contributed by atoms with Crippen molar-refractivity contribution in [1.82, 2.24) is 10.2 Å². The Morgan fingerprint density at radius 1 is 1.56 bits per heavy atom. The first-order valence-corrected chi connectivity index (χ1v) is 8.41. The highest BCUT2D eigenvalue weighted by Gasteiger charge is 2.20. The third-order valence-corrected chi connectivity index (χ3v) is 6.44. The summed E-state index contributed by atoms with van der Waals surface area (Å²) in [7, 11) is -3.64. The van der Waals surface area contributed by atoms with Crippen LogP contribution in [0.25, 0.3) is 0 Å². The van der Waals surface area contributed by atoms with E-state index in [1.807, 2.05) is 6.92 Å². The molecule has 0 amide bonds. The molecule has 0 aliphatic rings. The van der Waals surface area contributed by atoms with Crippen LogP contribution in [0.4, 0.5) is 5.82 Å². The van der Waals surface area contributed by atoms with E-state index in [-0.39, 0.29) is 10.0 Å². The number of rotatable bonds is 4. The fourth-order valence-electron chi connectivity index (χ4n) is 1.24. The Hall–Kier alpha value is -0.570. The Kier molecular flexibility index (Phi) is 4.00. The summed E-state index contributed by atoms with van der Waals surface area (Å²) in [4.78, 5) is 0. The molecule has 0 aromatic carbocycles. The SMILES string of the molecule is CCc1cc(NS(=O)(=O)c2cc(Cl)c(Br)s2)n[nH]1. The Morgan fingerprint density at radius 2 is 2.28 bits per heavy atom. The van der Waals surface area contributed by atoms with E-state index in [9.17, 15) is 8.42 Å². The minimum Gasteiger partial charge on any atom is -0.280 e. The normalized spacial score (nSPS) is 11.7. The van der Waals surface area contributed by atoms with Gasteiger partial charge in [-0.25, -0.2) is 8.42 Å². The number of H-pyrrole nitrogens is 1. The summed E-state index contributed by atoms with van der Waals surface area (Å²) in [5.41, 5.74) is 0.859. The monoisotopic (exact) mass is 369 g/mol. The molecule has 18 heavy (non-hydrogen) atoms. The van der Waals surface area contributed by atoms with Crippen LogP contribution in [0.3, 0.4) is 0 Å². The predicted octanol–water partition coefficient (Wildman–Crippen LogP) is 3.25. The number of thiophene rings is 1. The molecule has 98 valence electrons. The van der Waals surface area contributed by atoms with Crippen LogP contribution in [-0.4, -0.2) is 18.6 Å². The second kappa shape index (κ2) is 5.20. The number of aryl methyl sites for hydroxylation is 1. The number of nitrogens with one attached hydrogen (secondary N) is 2. The molecule has 2 rings (SSSR count). The van der Waals surface area contributed by atoms with E-state index in [4.69, 9.17) is 11.6 Å². The Labute approximate surface area is 122 Å². The fourth-order valence-corrected chi connectivity index (χ4v) is 4.63. The van der Waals surface area contributed by atoms with E-state index >= 15 is 0 Å². The lowest BCUT2D eigenvalue weighted by molar-refractivity contribution is 0.603. The molecular weight excluding hydrogens is 362 g/mol. The maximum absolute atomic E-state index is 12.0. The van der Waals surface area contributed by atoms with Gasteiger partial charge in [0.1, 0.15) is 4.21 Å². The second-order valence-electron chi connectivity index (χ2n) is 3.42. The van der Waals surface area contributed by atoms with Gasteiger partial charge in [0.25, 0.3) is 10.0 Å². The van der Waals surface area contributed by atoms with Crippen LogP contribution in [-0.2, 0) is 16.4 Å². The van der Waals surface area contributed by atoms with Gasteiger partial charge in [-0.3, -0.25) is 9.82 Å². The first-order chi connectivity index (χ1) is 8.42. The van der Waals surface area contributed by atoms with Crippen molar-refractivity contribution in [1.29, 1.82) is 0 Å². The summed E-state index contributed by atoms with van der Waals surface area (Å²) in [6, 6.07) is 3.05. The van der Waals surface area contributed by atoms with Gasteiger partial charge in [-0.05, 0) is 28.4 Å². The molecule has 9 heteroatoms. The third-order valence-electron chi connectivity index (χ3n) is 2.14. The van der Waals surface area contributed by atoms with Crippen LogP contribution < -0.4 is 4.72 Å². The molecule has 0 atom stereocenters. The average Bonchev–Trinajstić information content (AvgIpc) is 2.87. The molecule has 0 unspecified atom stereocenters. The van der Waals surface area contributed by atoms with E-state index in [0.717, 1.165) is 23.5 Å². The molecule has 0 fully saturated rings. The van der Waals surface area contributed by atoms with Gasteiger partial charge in [0.05, 0.1) is 8.81 Å². The van der Waals surface area contributed by atoms with Crippen LogP contribution in [0.5, 0.6) is 0 Å². The number of hydrogen-bond donors (Lipinski definition) is 2. The first kappa shape index (κ1) is 13.9. The molecule has 2 heterocycles. The number of hydrogen-bond acceptors (Lipinski definition) is 4. The number of anilines is 1. The molecule has 0 aliphatic carbocycles. The lowest BCUT2D eigenvalue weighted by Gasteiger charge is -2.01. The van der Waals surface area contributed by atoms with E-state index in [1.54, 1.807) is 6.07 Å². The van der Waals surface area contributed by atoms with E-state index in [1.165, 1.54) is 6.07 Å². The molecule has 0 spiro atoms. The van der Waals surface area contributed by atoms with E-state index < -0.39 is 10.0 Å². The summed E-state index contributed by atoms with van der Waals surface area (Å²) >= 11 is 10.0. The third kappa shape index (κ3) is 2.87. The molecule has 0 radical (unpaired) electrons. The van der Waals surface area contributed by atoms with Gasteiger partial charge in [-0.2, -0.15) is 5.10 Å². The van der Waals surface area contributed by atoms with Crippen molar-refractivity contribution in [2.45, 2.75) is 17.6 Å². The van der Waals surface area contributed by atoms with Crippen molar-refractivity contribution in [3.05, 3.63) is 26.6 Å². The Bertz CT molecular complexity index is 646. The second-order valence-corrected chi connectivity index (χ2v) is 8.11. The van der Waals surface area contributed by atoms with Gasteiger partial charge in [0, 0.05) is 11.8 Å². The minimum atomic E-state index is -3.64. The molecular formula is C9H9BrClN3O2S2. The molecule has 0 bridgehead atoms. The van der Waals surface area contributed by atoms with Crippen LogP contribution in [0.1, 0.15) is 12.6 Å². The number of aromatic nitrogens is 2. The summed E-state index contributed by atoms with van der Waals surface area (Å²) in [6.45, 7) is 1.95. The van der Waals surface area contributed by atoms with E-state index in [2.05, 4.69) is 30.8 Å². The van der Waals surface area contributed by atoms with Crippen LogP contribution in [0, 0.1) is 0 Å². The van der Waals surface area contributed by atoms with Gasteiger partial charge in [-0.1, -0.05) is 18.5 Å². The molecule has 2 aromatic heterocycles. The van der Waals surface area contributed by atoms with Crippen molar-refractivity contribution in [2.75, 3.05) is 4.72 Å². The summed E-state index contributed by atoms with van der Waals surface area (Å²) < 4.78 is 27.2. The quantitative estimate of drug-likeness (QED) is 0.867. The van der Waals surface area contributed by atoms with Crippen molar-refractivity contribution >= 4 is 54.7 Å². The first-order valence-electron chi connectivity index (χ1n) is 4.94. The number of aromatic amines is 1. The fraction of sp³-hybridized carbons (Fsp3) is 0.222. The van der Waals surface area contributed by atoms with Crippen LogP contribution in [0.15, 0.2) is 20.1 Å².